The largest absolute Gasteiger partial charge is 0.0919 e. The van der Waals surface area contributed by atoms with Crippen molar-refractivity contribution in [1.29, 1.82) is 0 Å². The molecule has 0 heterocycles. The molecule has 0 heteroatoms. The van der Waals surface area contributed by atoms with Crippen LogP contribution in [-0.4, -0.2) is 0 Å². The molecule has 0 saturated carbocycles. The minimum absolute atomic E-state index is 0. The second kappa shape index (κ2) is 331. The molecule has 0 atom stereocenters. The van der Waals surface area contributed by atoms with Gasteiger partial charge in [0.2, 0.25) is 0 Å². The van der Waals surface area contributed by atoms with Crippen LogP contribution < -0.4 is 0 Å². The molecule has 0 amide bonds. The van der Waals surface area contributed by atoms with Gasteiger partial charge >= 0.3 is 0 Å². The molecule has 0 aromatic heterocycles. The van der Waals surface area contributed by atoms with Gasteiger partial charge in [-0.1, -0.05) is 554 Å². The van der Waals surface area contributed by atoms with Crippen molar-refractivity contribution in [3.63, 3.8) is 0 Å². The maximum atomic E-state index is 2.12. The van der Waals surface area contributed by atoms with Crippen LogP contribution in [0, 0.1) is 27.7 Å². The minimum Gasteiger partial charge on any atom is -0.0919 e. The zero-order chi connectivity index (χ0) is 95.2. The molecule has 0 saturated heterocycles. The van der Waals surface area contributed by atoms with E-state index < -0.39 is 0 Å². The number of allylic oxidation sites excluding steroid dienone is 42. The van der Waals surface area contributed by atoms with E-state index in [9.17, 15) is 0 Å². The van der Waals surface area contributed by atoms with E-state index in [4.69, 9.17) is 0 Å². The summed E-state index contributed by atoms with van der Waals surface area (Å²) in [6.45, 7) is 92.7. The van der Waals surface area contributed by atoms with Gasteiger partial charge in [-0.3, -0.25) is 0 Å². The Kier molecular flexibility index (Phi) is 631. The third kappa shape index (κ3) is 500. The quantitative estimate of drug-likeness (QED) is 0.175. The van der Waals surface area contributed by atoms with Crippen molar-refractivity contribution in [2.75, 3.05) is 0 Å². The van der Waals surface area contributed by atoms with Crippen LogP contribution in [-0.2, 0) is 0 Å². The fraction of sp³-hybridized carbons (Fsp3) is 0.489. The highest BCUT2D eigenvalue weighted by molar-refractivity contribution is 5.51. The molecule has 0 fully saturated rings. The second-order valence-corrected chi connectivity index (χ2v) is 22.6. The van der Waals surface area contributed by atoms with Gasteiger partial charge in [-0.05, 0) is 340 Å². The SMILES string of the molecule is C.C.C.C.C.C.C.C.C.C.C.C.C.C.C.C.C.C.C.C.CC=CC.CC=CC.CC=CC.CC=CC.CC=CC.CC=CC.CC=CC.CC=CC.CC=CC.CC=CC.CC=CC.CC=CC.CC=CC.CC=CC.CC=CC.CC=CC.CC=CC.CC=CC.CC=CCC.CC=Cc1ccc(C)cc1.CC=Cc1ccc(C)cc1.CC=Cc1ccc(C)cc1.CC=Cc1ccc(C)cc1. The van der Waals surface area contributed by atoms with Gasteiger partial charge in [0.25, 0.3) is 0 Å². The van der Waals surface area contributed by atoms with Crippen molar-refractivity contribution in [3.05, 3.63) is 397 Å². The van der Waals surface area contributed by atoms with Crippen molar-refractivity contribution < 1.29 is 0 Å². The van der Waals surface area contributed by atoms with Crippen molar-refractivity contribution in [3.8, 4) is 0 Å². The lowest BCUT2D eigenvalue weighted by Crippen LogP contribution is -1.71. The molecule has 137 heavy (non-hydrogen) atoms. The Morgan fingerprint density at radius 3 is 0.226 bits per heavy atom. The van der Waals surface area contributed by atoms with E-state index in [2.05, 4.69) is 168 Å². The van der Waals surface area contributed by atoms with Gasteiger partial charge in [0, 0.05) is 0 Å². The molecule has 0 N–H and O–H groups in total. The Morgan fingerprint density at radius 2 is 0.190 bits per heavy atom. The van der Waals surface area contributed by atoms with Crippen LogP contribution in [0.3, 0.4) is 0 Å². The molecule has 0 unspecified atom stereocenters. The Labute approximate surface area is 888 Å². The monoisotopic (exact) mass is 1930 g/mol. The average Bonchev–Trinajstić information content (AvgIpc) is 0.962. The van der Waals surface area contributed by atoms with Crippen LogP contribution in [0.15, 0.2) is 352 Å². The number of aryl methyl sites for hydroxylation is 4. The first-order valence-corrected chi connectivity index (χ1v) is 42.9. The summed E-state index contributed by atoms with van der Waals surface area (Å²) >= 11 is 0. The van der Waals surface area contributed by atoms with Crippen molar-refractivity contribution in [2.45, 2.75) is 473 Å². The summed E-state index contributed by atoms with van der Waals surface area (Å²) < 4.78 is 0. The zero-order valence-corrected chi connectivity index (χ0v) is 86.5. The standard InChI is InChI=1S/4C10H12.C5H10.18C4H8.20CH4/c4*1-3-4-10-7-5-9(2)6-8-10;1-3-5-4-2;18*1-3-4-2;;;;;;;;;;;;;;;;;;;;/h4*3-8H,1-2H3;3,5H,4H2,1-2H3;18*3-4H,1-2H3;20*1H4. The van der Waals surface area contributed by atoms with Crippen LogP contribution >= 0.6 is 0 Å². The fourth-order valence-electron chi connectivity index (χ4n) is 3.72. The molecule has 830 valence electrons. The first-order chi connectivity index (χ1) is 56.2. The number of hydrogen-bond acceptors (Lipinski definition) is 0. The van der Waals surface area contributed by atoms with Gasteiger partial charge in [0.1, 0.15) is 0 Å². The summed E-state index contributed by atoms with van der Waals surface area (Å²) in [5.74, 6) is 0. The molecule has 4 aromatic rings. The van der Waals surface area contributed by atoms with Crippen molar-refractivity contribution in [2.24, 2.45) is 0 Å². The predicted molar refractivity (Wildman–Crippen MR) is 712 cm³/mol. The lowest BCUT2D eigenvalue weighted by molar-refractivity contribution is 1.22. The Balaban J connectivity index is -0.0000000199. The minimum atomic E-state index is 0. The maximum absolute atomic E-state index is 2.12. The molecule has 4 rings (SSSR count). The molecule has 0 aliphatic carbocycles. The molecule has 0 radical (unpaired) electrons. The predicted octanol–water partition coefficient (Wildman–Crippen LogP) is 55.3. The van der Waals surface area contributed by atoms with Gasteiger partial charge in [0.15, 0.2) is 0 Å². The van der Waals surface area contributed by atoms with E-state index >= 15 is 0 Å². The van der Waals surface area contributed by atoms with E-state index in [-0.39, 0.29) is 149 Å². The van der Waals surface area contributed by atoms with Crippen LogP contribution in [0.4, 0.5) is 0 Å². The van der Waals surface area contributed by atoms with Crippen molar-refractivity contribution in [1.82, 2.24) is 0 Å². The molecular formula is C137H282. The van der Waals surface area contributed by atoms with Gasteiger partial charge in [0.05, 0.1) is 0 Å². The normalized spacial score (nSPS) is 8.45. The highest BCUT2D eigenvalue weighted by Gasteiger charge is 1.86. The third-order valence-electron chi connectivity index (χ3n) is 12.2. The molecule has 0 nitrogen and oxygen atoms in total. The first-order valence-electron chi connectivity index (χ1n) is 42.9. The highest BCUT2D eigenvalue weighted by Crippen LogP contribution is 2.07. The Morgan fingerprint density at radius 1 is 0.117 bits per heavy atom. The summed E-state index contributed by atoms with van der Waals surface area (Å²) in [6, 6.07) is 33.9. The second-order valence-electron chi connectivity index (χ2n) is 22.6. The number of hydrogen-bond donors (Lipinski definition) is 0. The van der Waals surface area contributed by atoms with Crippen LogP contribution in [0.1, 0.15) is 490 Å². The topological polar surface area (TPSA) is 0 Å². The van der Waals surface area contributed by atoms with E-state index in [0.717, 1.165) is 6.42 Å². The number of benzene rings is 4. The summed E-state index contributed by atoms with van der Waals surface area (Å²) in [5, 5.41) is 0. The van der Waals surface area contributed by atoms with Crippen LogP contribution in [0.25, 0.3) is 24.3 Å². The van der Waals surface area contributed by atoms with E-state index in [1.165, 1.54) is 44.5 Å². The van der Waals surface area contributed by atoms with Crippen LogP contribution in [0.5, 0.6) is 0 Å². The molecule has 0 aliphatic rings. The molecule has 0 bridgehead atoms. The lowest BCUT2D eigenvalue weighted by Gasteiger charge is -1.92. The molecule has 0 spiro atoms. The Hall–Kier alpha value is -9.10. The van der Waals surface area contributed by atoms with Gasteiger partial charge in [-0.15, -0.1) is 0 Å². The number of rotatable bonds is 5. The fourth-order valence-corrected chi connectivity index (χ4v) is 3.72. The lowest BCUT2D eigenvalue weighted by atomic mass is 10.1. The first kappa shape index (κ1) is 261. The third-order valence-corrected chi connectivity index (χ3v) is 12.2. The molecule has 0 aliphatic heterocycles. The molecular weight excluding hydrogens is 1650 g/mol. The van der Waals surface area contributed by atoms with E-state index in [1.54, 1.807) is 0 Å². The summed E-state index contributed by atoms with van der Waals surface area (Å²) in [6.07, 6.45) is 93.9. The highest BCUT2D eigenvalue weighted by atomic mass is 13.9. The smallest absolute Gasteiger partial charge is 0.0260 e. The van der Waals surface area contributed by atoms with Gasteiger partial charge in [-0.25, -0.2) is 0 Å². The maximum Gasteiger partial charge on any atom is -0.0260 e. The van der Waals surface area contributed by atoms with Crippen molar-refractivity contribution >= 4 is 24.3 Å². The average molecular weight is 1930 g/mol. The Bertz CT molecular complexity index is 2230. The molecule has 4 aromatic carbocycles. The summed E-state index contributed by atoms with van der Waals surface area (Å²) in [5.41, 5.74) is 10.3. The van der Waals surface area contributed by atoms with E-state index in [0.29, 0.717) is 0 Å². The summed E-state index contributed by atoms with van der Waals surface area (Å²) in [7, 11) is 0. The van der Waals surface area contributed by atoms with E-state index in [1.807, 2.05) is 527 Å². The summed E-state index contributed by atoms with van der Waals surface area (Å²) in [4.78, 5) is 0. The van der Waals surface area contributed by atoms with Gasteiger partial charge < -0.3 is 0 Å². The van der Waals surface area contributed by atoms with Gasteiger partial charge in [-0.2, -0.15) is 0 Å². The van der Waals surface area contributed by atoms with Crippen LogP contribution in [0.2, 0.25) is 0 Å². The zero-order valence-electron chi connectivity index (χ0n) is 86.5.